The summed E-state index contributed by atoms with van der Waals surface area (Å²) in [6.45, 7) is 0.780. The van der Waals surface area contributed by atoms with Gasteiger partial charge in [-0.05, 0) is 29.8 Å². The summed E-state index contributed by atoms with van der Waals surface area (Å²) < 4.78 is 25.3. The molecule has 0 amide bonds. The molecule has 0 N–H and O–H groups in total. The van der Waals surface area contributed by atoms with Gasteiger partial charge < -0.3 is 4.57 Å². The summed E-state index contributed by atoms with van der Waals surface area (Å²) in [6.07, 6.45) is 3.22. The molecule has 0 saturated carbocycles. The molecular weight excluding hydrogens is 270 g/mol. The fourth-order valence-corrected chi connectivity index (χ4v) is 2.98. The van der Waals surface area contributed by atoms with E-state index in [0.717, 1.165) is 17.4 Å². The number of nitrogens with zero attached hydrogens (tertiary/aromatic N) is 1. The van der Waals surface area contributed by atoms with Crippen LogP contribution in [-0.4, -0.2) is 19.2 Å². The van der Waals surface area contributed by atoms with E-state index in [1.165, 1.54) is 11.8 Å². The number of benzene rings is 2. The molecule has 1 heterocycles. The molecular formula is C16H15NO2S. The van der Waals surface area contributed by atoms with Crippen molar-refractivity contribution in [2.45, 2.75) is 11.4 Å². The van der Waals surface area contributed by atoms with Gasteiger partial charge in [-0.15, -0.1) is 0 Å². The summed E-state index contributed by atoms with van der Waals surface area (Å²) in [7, 11) is -3.15. The Kier molecular flexibility index (Phi) is 3.10. The Hall–Kier alpha value is -2.07. The van der Waals surface area contributed by atoms with Crippen molar-refractivity contribution in [2.24, 2.45) is 0 Å². The average molecular weight is 285 g/mol. The van der Waals surface area contributed by atoms with E-state index in [9.17, 15) is 8.42 Å². The largest absolute Gasteiger partial charge is 0.343 e. The minimum absolute atomic E-state index is 0.363. The highest BCUT2D eigenvalue weighted by Crippen LogP contribution is 2.21. The Morgan fingerprint density at radius 3 is 2.45 bits per heavy atom. The summed E-state index contributed by atoms with van der Waals surface area (Å²) in [5.74, 6) is 0. The molecule has 3 nitrogen and oxygen atoms in total. The van der Waals surface area contributed by atoms with Crippen molar-refractivity contribution in [3.63, 3.8) is 0 Å². The predicted molar refractivity (Wildman–Crippen MR) is 80.6 cm³/mol. The van der Waals surface area contributed by atoms with Crippen LogP contribution in [0.5, 0.6) is 0 Å². The second-order valence-electron chi connectivity index (χ2n) is 4.92. The molecule has 0 fully saturated rings. The van der Waals surface area contributed by atoms with E-state index in [0.29, 0.717) is 4.90 Å². The van der Waals surface area contributed by atoms with Gasteiger partial charge in [-0.2, -0.15) is 0 Å². The van der Waals surface area contributed by atoms with E-state index in [1.54, 1.807) is 12.1 Å². The summed E-state index contributed by atoms with van der Waals surface area (Å²) in [6, 6.07) is 17.4. The molecule has 0 unspecified atom stereocenters. The van der Waals surface area contributed by atoms with Crippen LogP contribution in [-0.2, 0) is 16.4 Å². The van der Waals surface area contributed by atoms with Crippen molar-refractivity contribution >= 4 is 20.7 Å². The van der Waals surface area contributed by atoms with Gasteiger partial charge in [-0.3, -0.25) is 0 Å². The van der Waals surface area contributed by atoms with Crippen molar-refractivity contribution in [3.8, 4) is 0 Å². The lowest BCUT2D eigenvalue weighted by Gasteiger charge is -2.06. The Morgan fingerprint density at radius 2 is 1.75 bits per heavy atom. The fourth-order valence-electron chi connectivity index (χ4n) is 2.33. The maximum absolute atomic E-state index is 11.6. The zero-order valence-corrected chi connectivity index (χ0v) is 12.0. The molecule has 2 aromatic carbocycles. The number of sulfone groups is 1. The molecule has 0 atom stereocenters. The molecule has 3 aromatic rings. The molecule has 0 aliphatic heterocycles. The van der Waals surface area contributed by atoms with Gasteiger partial charge >= 0.3 is 0 Å². The highest BCUT2D eigenvalue weighted by atomic mass is 32.2. The van der Waals surface area contributed by atoms with Crippen LogP contribution >= 0.6 is 0 Å². The first-order valence-electron chi connectivity index (χ1n) is 6.37. The number of hydrogen-bond acceptors (Lipinski definition) is 2. The van der Waals surface area contributed by atoms with Gasteiger partial charge in [-0.25, -0.2) is 8.42 Å². The van der Waals surface area contributed by atoms with Gasteiger partial charge in [-0.1, -0.05) is 30.3 Å². The van der Waals surface area contributed by atoms with E-state index < -0.39 is 9.84 Å². The van der Waals surface area contributed by atoms with Crippen LogP contribution < -0.4 is 0 Å². The maximum Gasteiger partial charge on any atom is 0.175 e. The van der Waals surface area contributed by atoms with E-state index in [1.807, 2.05) is 36.5 Å². The first kappa shape index (κ1) is 12.9. The first-order valence-corrected chi connectivity index (χ1v) is 8.26. The molecule has 0 radical (unpaired) electrons. The Bertz CT molecular complexity index is 849. The van der Waals surface area contributed by atoms with Crippen molar-refractivity contribution in [1.29, 1.82) is 0 Å². The Morgan fingerprint density at radius 1 is 1.00 bits per heavy atom. The van der Waals surface area contributed by atoms with Crippen LogP contribution in [0.25, 0.3) is 10.9 Å². The van der Waals surface area contributed by atoms with Crippen LogP contribution in [0.3, 0.4) is 0 Å². The third-order valence-corrected chi connectivity index (χ3v) is 4.48. The lowest BCUT2D eigenvalue weighted by atomic mass is 10.2. The number of fused-ring (bicyclic) bond motifs is 1. The molecule has 3 rings (SSSR count). The standard InChI is InChI=1S/C16H15NO2S/c1-20(18,19)15-7-8-16-14(11-15)9-10-17(16)12-13-5-3-2-4-6-13/h2-11H,12H2,1H3. The second-order valence-corrected chi connectivity index (χ2v) is 6.94. The van der Waals surface area contributed by atoms with Crippen LogP contribution in [0.2, 0.25) is 0 Å². The highest BCUT2D eigenvalue weighted by Gasteiger charge is 2.09. The zero-order chi connectivity index (χ0) is 14.2. The minimum Gasteiger partial charge on any atom is -0.343 e. The normalized spacial score (nSPS) is 11.8. The smallest absolute Gasteiger partial charge is 0.175 e. The van der Waals surface area contributed by atoms with Crippen LogP contribution in [0, 0.1) is 0 Å². The minimum atomic E-state index is -3.15. The zero-order valence-electron chi connectivity index (χ0n) is 11.2. The number of aromatic nitrogens is 1. The van der Waals surface area contributed by atoms with Crippen LogP contribution in [0.15, 0.2) is 65.7 Å². The average Bonchev–Trinajstić information content (AvgIpc) is 2.81. The van der Waals surface area contributed by atoms with Crippen molar-refractivity contribution in [3.05, 3.63) is 66.4 Å². The number of hydrogen-bond donors (Lipinski definition) is 0. The van der Waals surface area contributed by atoms with Crippen molar-refractivity contribution in [1.82, 2.24) is 4.57 Å². The Balaban J connectivity index is 2.02. The lowest BCUT2D eigenvalue weighted by molar-refractivity contribution is 0.602. The molecule has 0 spiro atoms. The fraction of sp³-hybridized carbons (Fsp3) is 0.125. The Labute approximate surface area is 118 Å². The molecule has 102 valence electrons. The lowest BCUT2D eigenvalue weighted by Crippen LogP contribution is -1.99. The molecule has 1 aromatic heterocycles. The molecule has 0 saturated heterocycles. The van der Waals surface area contributed by atoms with E-state index in [2.05, 4.69) is 16.7 Å². The van der Waals surface area contributed by atoms with Gasteiger partial charge in [0.2, 0.25) is 0 Å². The third-order valence-electron chi connectivity index (χ3n) is 3.37. The second kappa shape index (κ2) is 4.80. The first-order chi connectivity index (χ1) is 9.54. The van der Waals surface area contributed by atoms with Gasteiger partial charge in [0.1, 0.15) is 0 Å². The van der Waals surface area contributed by atoms with E-state index >= 15 is 0 Å². The molecule has 0 aliphatic rings. The summed E-state index contributed by atoms with van der Waals surface area (Å²) >= 11 is 0. The molecule has 4 heteroatoms. The van der Waals surface area contributed by atoms with Crippen LogP contribution in [0.1, 0.15) is 5.56 Å². The molecule has 0 bridgehead atoms. The quantitative estimate of drug-likeness (QED) is 0.742. The summed E-state index contributed by atoms with van der Waals surface area (Å²) in [5.41, 5.74) is 2.26. The van der Waals surface area contributed by atoms with Crippen molar-refractivity contribution < 1.29 is 8.42 Å². The van der Waals surface area contributed by atoms with Crippen molar-refractivity contribution in [2.75, 3.05) is 6.26 Å². The SMILES string of the molecule is CS(=O)(=O)c1ccc2c(ccn2Cc2ccccc2)c1. The third kappa shape index (κ3) is 2.47. The predicted octanol–water partition coefficient (Wildman–Crippen LogP) is 3.09. The molecule has 20 heavy (non-hydrogen) atoms. The van der Waals surface area contributed by atoms with Gasteiger partial charge in [0.05, 0.1) is 4.90 Å². The summed E-state index contributed by atoms with van der Waals surface area (Å²) in [5, 5.41) is 0.948. The van der Waals surface area contributed by atoms with Gasteiger partial charge in [0, 0.05) is 29.9 Å². The topological polar surface area (TPSA) is 39.1 Å². The highest BCUT2D eigenvalue weighted by molar-refractivity contribution is 7.90. The van der Waals surface area contributed by atoms with Crippen LogP contribution in [0.4, 0.5) is 0 Å². The molecule has 0 aliphatic carbocycles. The monoisotopic (exact) mass is 285 g/mol. The number of rotatable bonds is 3. The van der Waals surface area contributed by atoms with E-state index in [4.69, 9.17) is 0 Å². The van der Waals surface area contributed by atoms with Gasteiger partial charge in [0.25, 0.3) is 0 Å². The van der Waals surface area contributed by atoms with E-state index in [-0.39, 0.29) is 0 Å². The summed E-state index contributed by atoms with van der Waals surface area (Å²) in [4.78, 5) is 0.363. The maximum atomic E-state index is 11.6. The van der Waals surface area contributed by atoms with Gasteiger partial charge in [0.15, 0.2) is 9.84 Å².